The number of aromatic nitrogens is 1. The van der Waals surface area contributed by atoms with E-state index >= 15 is 0 Å². The van der Waals surface area contributed by atoms with E-state index in [4.69, 9.17) is 26.1 Å². The van der Waals surface area contributed by atoms with Crippen molar-refractivity contribution >= 4 is 28.7 Å². The molecule has 3 aromatic rings. The van der Waals surface area contributed by atoms with Gasteiger partial charge in [-0.2, -0.15) is 0 Å². The SMILES string of the molecule is COc1cc(Cl)c(-c2nc(C3(c4cc(C(C)=O)ccc4OC)CC3)sc2C)cc1C. The van der Waals surface area contributed by atoms with Gasteiger partial charge in [-0.05, 0) is 69.5 Å². The Bertz CT molecular complexity index is 1150. The van der Waals surface area contributed by atoms with Crippen LogP contribution in [0, 0.1) is 13.8 Å². The van der Waals surface area contributed by atoms with E-state index in [1.54, 1.807) is 32.5 Å². The van der Waals surface area contributed by atoms with Gasteiger partial charge in [0.25, 0.3) is 0 Å². The number of methoxy groups -OCH3 is 2. The van der Waals surface area contributed by atoms with Gasteiger partial charge in [-0.3, -0.25) is 4.79 Å². The number of hydrogen-bond acceptors (Lipinski definition) is 5. The van der Waals surface area contributed by atoms with Crippen LogP contribution < -0.4 is 9.47 Å². The van der Waals surface area contributed by atoms with Gasteiger partial charge in [0.2, 0.25) is 0 Å². The minimum Gasteiger partial charge on any atom is -0.496 e. The summed E-state index contributed by atoms with van der Waals surface area (Å²) in [4.78, 5) is 18.1. The Labute approximate surface area is 185 Å². The predicted octanol–water partition coefficient (Wildman–Crippen LogP) is 6.38. The van der Waals surface area contributed by atoms with Crippen molar-refractivity contribution in [2.45, 2.75) is 39.0 Å². The molecule has 156 valence electrons. The van der Waals surface area contributed by atoms with Gasteiger partial charge in [-0.1, -0.05) is 11.6 Å². The second kappa shape index (κ2) is 7.71. The van der Waals surface area contributed by atoms with E-state index in [0.29, 0.717) is 10.6 Å². The van der Waals surface area contributed by atoms with Crippen LogP contribution in [0.25, 0.3) is 11.3 Å². The van der Waals surface area contributed by atoms with Crippen molar-refractivity contribution in [3.8, 4) is 22.8 Å². The Balaban J connectivity index is 1.82. The fraction of sp³-hybridized carbons (Fsp3) is 0.333. The van der Waals surface area contributed by atoms with E-state index in [-0.39, 0.29) is 11.2 Å². The molecule has 1 aromatic heterocycles. The number of carbonyl (C=O) groups excluding carboxylic acids is 1. The Morgan fingerprint density at radius 1 is 1.10 bits per heavy atom. The molecular formula is C24H24ClNO3S. The molecule has 6 heteroatoms. The molecular weight excluding hydrogens is 418 g/mol. The smallest absolute Gasteiger partial charge is 0.159 e. The first kappa shape index (κ1) is 20.9. The molecule has 0 bridgehead atoms. The molecule has 4 rings (SSSR count). The van der Waals surface area contributed by atoms with Crippen molar-refractivity contribution in [3.63, 3.8) is 0 Å². The highest BCUT2D eigenvalue weighted by Crippen LogP contribution is 2.58. The second-order valence-corrected chi connectivity index (χ2v) is 9.39. The highest BCUT2D eigenvalue weighted by molar-refractivity contribution is 7.12. The number of halogens is 1. The van der Waals surface area contributed by atoms with E-state index in [2.05, 4.69) is 6.92 Å². The average Bonchev–Trinajstić information content (AvgIpc) is 3.45. The minimum atomic E-state index is -0.210. The maximum absolute atomic E-state index is 12.0. The first-order chi connectivity index (χ1) is 14.3. The summed E-state index contributed by atoms with van der Waals surface area (Å²) in [6, 6.07) is 9.55. The maximum atomic E-state index is 12.0. The Hall–Kier alpha value is -2.37. The number of ether oxygens (including phenoxy) is 2. The lowest BCUT2D eigenvalue weighted by molar-refractivity contribution is 0.101. The predicted molar refractivity (Wildman–Crippen MR) is 122 cm³/mol. The van der Waals surface area contributed by atoms with Gasteiger partial charge >= 0.3 is 0 Å². The van der Waals surface area contributed by atoms with E-state index in [1.807, 2.05) is 37.3 Å². The normalized spacial score (nSPS) is 14.5. The van der Waals surface area contributed by atoms with Crippen LogP contribution in [0.3, 0.4) is 0 Å². The topological polar surface area (TPSA) is 48.4 Å². The van der Waals surface area contributed by atoms with Crippen LogP contribution in [0.5, 0.6) is 11.5 Å². The zero-order chi connectivity index (χ0) is 21.6. The molecule has 2 aromatic carbocycles. The number of carbonyl (C=O) groups is 1. The van der Waals surface area contributed by atoms with E-state index in [9.17, 15) is 4.79 Å². The summed E-state index contributed by atoms with van der Waals surface area (Å²) in [6.45, 7) is 5.66. The Morgan fingerprint density at radius 3 is 2.40 bits per heavy atom. The first-order valence-electron chi connectivity index (χ1n) is 9.82. The lowest BCUT2D eigenvalue weighted by Gasteiger charge is -2.17. The van der Waals surface area contributed by atoms with Crippen LogP contribution in [0.4, 0.5) is 0 Å². The van der Waals surface area contributed by atoms with Crippen LogP contribution in [0.1, 0.15) is 51.1 Å². The minimum absolute atomic E-state index is 0.0474. The molecule has 1 aliphatic carbocycles. The molecule has 0 spiro atoms. The molecule has 0 radical (unpaired) electrons. The van der Waals surface area contributed by atoms with Crippen LogP contribution in [0.2, 0.25) is 5.02 Å². The van der Waals surface area contributed by atoms with E-state index in [0.717, 1.165) is 56.6 Å². The largest absolute Gasteiger partial charge is 0.496 e. The summed E-state index contributed by atoms with van der Waals surface area (Å²) < 4.78 is 11.0. The van der Waals surface area contributed by atoms with Crippen LogP contribution in [-0.2, 0) is 5.41 Å². The third-order valence-corrected chi connectivity index (χ3v) is 7.30. The molecule has 0 saturated heterocycles. The number of benzene rings is 2. The lowest BCUT2D eigenvalue weighted by atomic mass is 9.93. The van der Waals surface area contributed by atoms with Crippen molar-refractivity contribution in [1.82, 2.24) is 4.98 Å². The fourth-order valence-corrected chi connectivity index (χ4v) is 5.37. The molecule has 0 atom stereocenters. The number of rotatable bonds is 6. The monoisotopic (exact) mass is 441 g/mol. The van der Waals surface area contributed by atoms with Crippen molar-refractivity contribution in [1.29, 1.82) is 0 Å². The highest BCUT2D eigenvalue weighted by atomic mass is 35.5. The quantitative estimate of drug-likeness (QED) is 0.416. The third kappa shape index (κ3) is 3.40. The molecule has 0 amide bonds. The number of aryl methyl sites for hydroxylation is 2. The number of hydrogen-bond donors (Lipinski definition) is 0. The number of ketones is 1. The van der Waals surface area contributed by atoms with Gasteiger partial charge in [0.1, 0.15) is 16.5 Å². The first-order valence-corrected chi connectivity index (χ1v) is 11.0. The summed E-state index contributed by atoms with van der Waals surface area (Å²) in [6.07, 6.45) is 1.96. The van der Waals surface area contributed by atoms with Crippen molar-refractivity contribution < 1.29 is 14.3 Å². The van der Waals surface area contributed by atoms with Gasteiger partial charge in [-0.25, -0.2) is 4.98 Å². The Morgan fingerprint density at radius 2 is 1.80 bits per heavy atom. The van der Waals surface area contributed by atoms with E-state index in [1.165, 1.54) is 0 Å². The summed E-state index contributed by atoms with van der Waals surface area (Å²) >= 11 is 8.26. The van der Waals surface area contributed by atoms with Gasteiger partial charge < -0.3 is 9.47 Å². The van der Waals surface area contributed by atoms with Crippen LogP contribution in [0.15, 0.2) is 30.3 Å². The van der Waals surface area contributed by atoms with Crippen molar-refractivity contribution in [2.75, 3.05) is 14.2 Å². The van der Waals surface area contributed by atoms with Gasteiger partial charge in [0, 0.05) is 21.6 Å². The fourth-order valence-electron chi connectivity index (χ4n) is 3.94. The van der Waals surface area contributed by atoms with Crippen LogP contribution in [-0.4, -0.2) is 25.0 Å². The van der Waals surface area contributed by atoms with Crippen LogP contribution >= 0.6 is 22.9 Å². The lowest BCUT2D eigenvalue weighted by Crippen LogP contribution is -2.11. The Kier molecular flexibility index (Phi) is 5.37. The van der Waals surface area contributed by atoms with Crippen molar-refractivity contribution in [3.05, 3.63) is 61.9 Å². The highest BCUT2D eigenvalue weighted by Gasteiger charge is 2.50. The average molecular weight is 442 g/mol. The zero-order valence-corrected chi connectivity index (χ0v) is 19.3. The van der Waals surface area contributed by atoms with Crippen molar-refractivity contribution in [2.24, 2.45) is 0 Å². The molecule has 0 N–H and O–H groups in total. The second-order valence-electron chi connectivity index (χ2n) is 7.78. The van der Waals surface area contributed by atoms with E-state index < -0.39 is 0 Å². The molecule has 0 unspecified atom stereocenters. The third-order valence-electron chi connectivity index (χ3n) is 5.82. The summed E-state index contributed by atoms with van der Waals surface area (Å²) in [5.41, 5.74) is 4.35. The molecule has 1 fully saturated rings. The number of thiazole rings is 1. The molecule has 30 heavy (non-hydrogen) atoms. The zero-order valence-electron chi connectivity index (χ0n) is 17.8. The summed E-state index contributed by atoms with van der Waals surface area (Å²) in [7, 11) is 3.31. The number of Topliss-reactive ketones (excluding diaryl/α,β-unsaturated/α-hetero) is 1. The van der Waals surface area contributed by atoms with Gasteiger partial charge in [-0.15, -0.1) is 11.3 Å². The standard InChI is InChI=1S/C24H24ClNO3S/c1-13-10-17(19(25)12-21(13)29-5)22-15(3)30-23(26-22)24(8-9-24)18-11-16(14(2)27)6-7-20(18)28-4/h6-7,10-12H,8-9H2,1-5H3. The molecule has 4 nitrogen and oxygen atoms in total. The molecule has 1 saturated carbocycles. The maximum Gasteiger partial charge on any atom is 0.159 e. The molecule has 1 aliphatic rings. The molecule has 0 aliphatic heterocycles. The molecule has 1 heterocycles. The van der Waals surface area contributed by atoms with Gasteiger partial charge in [0.15, 0.2) is 5.78 Å². The van der Waals surface area contributed by atoms with Gasteiger partial charge in [0.05, 0.1) is 30.4 Å². The summed E-state index contributed by atoms with van der Waals surface area (Å²) in [5.74, 6) is 1.61. The summed E-state index contributed by atoms with van der Waals surface area (Å²) in [5, 5.41) is 1.66. The number of nitrogens with zero attached hydrogens (tertiary/aromatic N) is 1.